The molecule has 0 N–H and O–H groups in total. The van der Waals surface area contributed by atoms with Gasteiger partial charge < -0.3 is 4.90 Å². The predicted octanol–water partition coefficient (Wildman–Crippen LogP) is 4.10. The number of hydrogen-bond acceptors (Lipinski definition) is 3. The Hall–Kier alpha value is -2.18. The van der Waals surface area contributed by atoms with Gasteiger partial charge in [0.1, 0.15) is 0 Å². The van der Waals surface area contributed by atoms with Crippen LogP contribution in [0.2, 0.25) is 0 Å². The molecule has 1 fully saturated rings. The van der Waals surface area contributed by atoms with Gasteiger partial charge in [-0.3, -0.25) is 9.69 Å². The maximum Gasteiger partial charge on any atom is 0.416 e. The second-order valence-corrected chi connectivity index (χ2v) is 6.86. The number of hydrogen-bond donors (Lipinski definition) is 0. The standard InChI is InChI=1S/C21H23F3N2O/c22-21(23,24)19-8-4-7-18(15-19)20(27)9-10-25-11-13-26(14-12-25)16-17-5-2-1-3-6-17/h1-8,15H,9-14,16H2. The minimum Gasteiger partial charge on any atom is -0.300 e. The summed E-state index contributed by atoms with van der Waals surface area (Å²) in [5, 5.41) is 0. The lowest BCUT2D eigenvalue weighted by atomic mass is 10.0. The number of rotatable bonds is 6. The van der Waals surface area contributed by atoms with Crippen LogP contribution in [0, 0.1) is 0 Å². The Kier molecular flexibility index (Phi) is 6.29. The normalized spacial score (nSPS) is 16.4. The molecule has 0 radical (unpaired) electrons. The van der Waals surface area contributed by atoms with Gasteiger partial charge in [0, 0.05) is 51.3 Å². The lowest BCUT2D eigenvalue weighted by Crippen LogP contribution is -2.46. The van der Waals surface area contributed by atoms with Crippen molar-refractivity contribution < 1.29 is 18.0 Å². The molecular formula is C21H23F3N2O. The minimum atomic E-state index is -4.43. The summed E-state index contributed by atoms with van der Waals surface area (Å²) in [5.74, 6) is -0.243. The highest BCUT2D eigenvalue weighted by Gasteiger charge is 2.30. The van der Waals surface area contributed by atoms with Crippen LogP contribution in [0.5, 0.6) is 0 Å². The van der Waals surface area contributed by atoms with E-state index in [9.17, 15) is 18.0 Å². The quantitative estimate of drug-likeness (QED) is 0.710. The van der Waals surface area contributed by atoms with Gasteiger partial charge in [-0.25, -0.2) is 0 Å². The van der Waals surface area contributed by atoms with Crippen LogP contribution >= 0.6 is 0 Å². The van der Waals surface area contributed by atoms with E-state index in [-0.39, 0.29) is 17.8 Å². The number of Topliss-reactive ketones (excluding diaryl/α,β-unsaturated/α-hetero) is 1. The number of carbonyl (C=O) groups excluding carboxylic acids is 1. The van der Waals surface area contributed by atoms with E-state index in [2.05, 4.69) is 21.9 Å². The van der Waals surface area contributed by atoms with Crippen molar-refractivity contribution >= 4 is 5.78 Å². The van der Waals surface area contributed by atoms with Gasteiger partial charge in [-0.2, -0.15) is 13.2 Å². The fraction of sp³-hybridized carbons (Fsp3) is 0.381. The first kappa shape index (κ1) is 19.6. The number of carbonyl (C=O) groups is 1. The molecule has 0 spiro atoms. The summed E-state index contributed by atoms with van der Waals surface area (Å²) in [6, 6.07) is 15.0. The molecule has 6 heteroatoms. The molecule has 27 heavy (non-hydrogen) atoms. The average molecular weight is 376 g/mol. The summed E-state index contributed by atoms with van der Waals surface area (Å²) in [7, 11) is 0. The molecule has 2 aromatic rings. The molecule has 3 rings (SSSR count). The molecule has 3 nitrogen and oxygen atoms in total. The number of halogens is 3. The smallest absolute Gasteiger partial charge is 0.300 e. The molecule has 0 aliphatic carbocycles. The number of piperazine rings is 1. The predicted molar refractivity (Wildman–Crippen MR) is 98.6 cm³/mol. The summed E-state index contributed by atoms with van der Waals surface area (Å²) in [6.07, 6.45) is -4.19. The third-order valence-corrected chi connectivity index (χ3v) is 4.88. The maximum atomic E-state index is 12.8. The van der Waals surface area contributed by atoms with Crippen molar-refractivity contribution in [1.82, 2.24) is 9.80 Å². The van der Waals surface area contributed by atoms with Crippen molar-refractivity contribution in [1.29, 1.82) is 0 Å². The van der Waals surface area contributed by atoms with Crippen LogP contribution in [0.1, 0.15) is 27.9 Å². The molecule has 0 atom stereocenters. The molecule has 0 bridgehead atoms. The lowest BCUT2D eigenvalue weighted by molar-refractivity contribution is -0.137. The van der Waals surface area contributed by atoms with E-state index in [1.807, 2.05) is 18.2 Å². The molecule has 0 amide bonds. The second kappa shape index (κ2) is 8.67. The van der Waals surface area contributed by atoms with Crippen molar-refractivity contribution in [2.45, 2.75) is 19.1 Å². The zero-order valence-electron chi connectivity index (χ0n) is 15.1. The lowest BCUT2D eigenvalue weighted by Gasteiger charge is -2.34. The van der Waals surface area contributed by atoms with Crippen LogP contribution in [-0.2, 0) is 12.7 Å². The SMILES string of the molecule is O=C(CCN1CCN(Cc2ccccc2)CC1)c1cccc(C(F)(F)F)c1. The van der Waals surface area contributed by atoms with Crippen molar-refractivity contribution in [3.05, 3.63) is 71.3 Å². The summed E-state index contributed by atoms with van der Waals surface area (Å²) < 4.78 is 38.3. The molecule has 0 unspecified atom stereocenters. The van der Waals surface area contributed by atoms with E-state index < -0.39 is 11.7 Å². The molecule has 1 aliphatic rings. The van der Waals surface area contributed by atoms with Crippen molar-refractivity contribution in [2.24, 2.45) is 0 Å². The Morgan fingerprint density at radius 3 is 2.22 bits per heavy atom. The zero-order valence-corrected chi connectivity index (χ0v) is 15.1. The van der Waals surface area contributed by atoms with Crippen LogP contribution in [-0.4, -0.2) is 48.3 Å². The van der Waals surface area contributed by atoms with Gasteiger partial charge in [-0.1, -0.05) is 42.5 Å². The third-order valence-electron chi connectivity index (χ3n) is 4.88. The molecular weight excluding hydrogens is 353 g/mol. The molecule has 144 valence electrons. The second-order valence-electron chi connectivity index (χ2n) is 6.86. The fourth-order valence-corrected chi connectivity index (χ4v) is 3.29. The first-order valence-electron chi connectivity index (χ1n) is 9.11. The topological polar surface area (TPSA) is 23.6 Å². The highest BCUT2D eigenvalue weighted by molar-refractivity contribution is 5.96. The van der Waals surface area contributed by atoms with Crippen molar-refractivity contribution in [3.63, 3.8) is 0 Å². The Bertz CT molecular complexity index is 754. The first-order valence-corrected chi connectivity index (χ1v) is 9.11. The Morgan fingerprint density at radius 1 is 0.889 bits per heavy atom. The number of ketones is 1. The summed E-state index contributed by atoms with van der Waals surface area (Å²) in [5.41, 5.74) is 0.640. The largest absolute Gasteiger partial charge is 0.416 e. The van der Waals surface area contributed by atoms with E-state index in [0.717, 1.165) is 44.9 Å². The summed E-state index contributed by atoms with van der Waals surface area (Å²) >= 11 is 0. The van der Waals surface area contributed by atoms with Crippen LogP contribution < -0.4 is 0 Å². The molecule has 1 aliphatic heterocycles. The first-order chi connectivity index (χ1) is 12.9. The van der Waals surface area contributed by atoms with Gasteiger partial charge in [-0.05, 0) is 17.7 Å². The molecule has 1 heterocycles. The average Bonchev–Trinajstić information content (AvgIpc) is 2.67. The number of alkyl halides is 3. The van der Waals surface area contributed by atoms with Gasteiger partial charge in [0.2, 0.25) is 0 Å². The molecule has 0 aromatic heterocycles. The van der Waals surface area contributed by atoms with Crippen molar-refractivity contribution in [2.75, 3.05) is 32.7 Å². The van der Waals surface area contributed by atoms with Gasteiger partial charge in [0.25, 0.3) is 0 Å². The van der Waals surface area contributed by atoms with E-state index in [0.29, 0.717) is 6.54 Å². The Morgan fingerprint density at radius 2 is 1.56 bits per heavy atom. The van der Waals surface area contributed by atoms with Crippen LogP contribution in [0.3, 0.4) is 0 Å². The highest BCUT2D eigenvalue weighted by atomic mass is 19.4. The third kappa shape index (κ3) is 5.65. The molecule has 2 aromatic carbocycles. The van der Waals surface area contributed by atoms with E-state index in [1.165, 1.54) is 17.7 Å². The van der Waals surface area contributed by atoms with Crippen molar-refractivity contribution in [3.8, 4) is 0 Å². The minimum absolute atomic E-state index is 0.132. The molecule has 0 saturated carbocycles. The summed E-state index contributed by atoms with van der Waals surface area (Å²) in [6.45, 7) is 5.07. The monoisotopic (exact) mass is 376 g/mol. The Balaban J connectivity index is 1.45. The van der Waals surface area contributed by atoms with E-state index in [4.69, 9.17) is 0 Å². The highest BCUT2D eigenvalue weighted by Crippen LogP contribution is 2.29. The van der Waals surface area contributed by atoms with E-state index in [1.54, 1.807) is 0 Å². The molecule has 1 saturated heterocycles. The van der Waals surface area contributed by atoms with Gasteiger partial charge >= 0.3 is 6.18 Å². The Labute approximate surface area is 157 Å². The van der Waals surface area contributed by atoms with Gasteiger partial charge in [-0.15, -0.1) is 0 Å². The maximum absolute atomic E-state index is 12.8. The van der Waals surface area contributed by atoms with Crippen LogP contribution in [0.25, 0.3) is 0 Å². The number of nitrogens with zero attached hydrogens (tertiary/aromatic N) is 2. The van der Waals surface area contributed by atoms with Gasteiger partial charge in [0.05, 0.1) is 5.56 Å². The number of benzene rings is 2. The zero-order chi connectivity index (χ0) is 19.3. The summed E-state index contributed by atoms with van der Waals surface area (Å²) in [4.78, 5) is 16.8. The van der Waals surface area contributed by atoms with Gasteiger partial charge in [0.15, 0.2) is 5.78 Å². The van der Waals surface area contributed by atoms with E-state index >= 15 is 0 Å². The van der Waals surface area contributed by atoms with Crippen LogP contribution in [0.4, 0.5) is 13.2 Å². The fourth-order valence-electron chi connectivity index (χ4n) is 3.29. The van der Waals surface area contributed by atoms with Crippen LogP contribution in [0.15, 0.2) is 54.6 Å².